The van der Waals surface area contributed by atoms with E-state index in [0.29, 0.717) is 22.4 Å². The number of benzene rings is 2. The standard InChI is InChI=1S/C19H22ClNO3/c1-12(2)15-7-5-6-8-17(15)24-13(3)19(22)21-14-9-10-18(23-4)16(20)11-14/h5-13H,1-4H3,(H,21,22). The monoisotopic (exact) mass is 347 g/mol. The highest BCUT2D eigenvalue weighted by molar-refractivity contribution is 6.32. The molecule has 24 heavy (non-hydrogen) atoms. The van der Waals surface area contributed by atoms with Crippen LogP contribution in [-0.2, 0) is 4.79 Å². The smallest absolute Gasteiger partial charge is 0.265 e. The molecule has 0 heterocycles. The van der Waals surface area contributed by atoms with Crippen LogP contribution >= 0.6 is 11.6 Å². The largest absolute Gasteiger partial charge is 0.495 e. The van der Waals surface area contributed by atoms with Crippen molar-refractivity contribution in [2.75, 3.05) is 12.4 Å². The second-order valence-electron chi connectivity index (χ2n) is 5.79. The normalized spacial score (nSPS) is 11.9. The van der Waals surface area contributed by atoms with E-state index in [1.54, 1.807) is 32.2 Å². The van der Waals surface area contributed by atoms with Gasteiger partial charge in [0.2, 0.25) is 0 Å². The zero-order chi connectivity index (χ0) is 17.7. The van der Waals surface area contributed by atoms with Crippen LogP contribution < -0.4 is 14.8 Å². The number of para-hydroxylation sites is 1. The zero-order valence-electron chi connectivity index (χ0n) is 14.3. The minimum Gasteiger partial charge on any atom is -0.495 e. The first-order chi connectivity index (χ1) is 11.4. The summed E-state index contributed by atoms with van der Waals surface area (Å²) in [5.41, 5.74) is 1.67. The molecule has 0 saturated carbocycles. The van der Waals surface area contributed by atoms with Crippen LogP contribution in [0.25, 0.3) is 0 Å². The van der Waals surface area contributed by atoms with Crippen LogP contribution in [0.15, 0.2) is 42.5 Å². The van der Waals surface area contributed by atoms with Crippen molar-refractivity contribution >= 4 is 23.2 Å². The van der Waals surface area contributed by atoms with Gasteiger partial charge in [0.05, 0.1) is 12.1 Å². The number of ether oxygens (including phenoxy) is 2. The number of methoxy groups -OCH3 is 1. The molecular formula is C19H22ClNO3. The Kier molecular flexibility index (Phi) is 6.10. The summed E-state index contributed by atoms with van der Waals surface area (Å²) in [6, 6.07) is 12.8. The van der Waals surface area contributed by atoms with Crippen molar-refractivity contribution in [1.29, 1.82) is 0 Å². The molecule has 1 atom stereocenters. The number of nitrogens with one attached hydrogen (secondary N) is 1. The molecule has 0 aromatic heterocycles. The fourth-order valence-corrected chi connectivity index (χ4v) is 2.55. The molecule has 0 aliphatic carbocycles. The first kappa shape index (κ1) is 18.1. The van der Waals surface area contributed by atoms with Gasteiger partial charge in [-0.05, 0) is 42.7 Å². The molecule has 0 saturated heterocycles. The topological polar surface area (TPSA) is 47.6 Å². The molecule has 1 N–H and O–H groups in total. The quantitative estimate of drug-likeness (QED) is 0.810. The third-order valence-corrected chi connectivity index (χ3v) is 3.93. The maximum atomic E-state index is 12.4. The van der Waals surface area contributed by atoms with Gasteiger partial charge in [0, 0.05) is 5.69 Å². The minimum absolute atomic E-state index is 0.241. The molecule has 0 bridgehead atoms. The highest BCUT2D eigenvalue weighted by Gasteiger charge is 2.17. The van der Waals surface area contributed by atoms with Crippen molar-refractivity contribution in [3.05, 3.63) is 53.1 Å². The number of rotatable bonds is 6. The van der Waals surface area contributed by atoms with E-state index < -0.39 is 6.10 Å². The molecule has 2 aromatic carbocycles. The first-order valence-electron chi connectivity index (χ1n) is 7.82. The summed E-state index contributed by atoms with van der Waals surface area (Å²) in [5, 5.41) is 3.24. The number of hydrogen-bond donors (Lipinski definition) is 1. The molecule has 0 fully saturated rings. The molecule has 128 valence electrons. The summed E-state index contributed by atoms with van der Waals surface area (Å²) in [5.74, 6) is 1.36. The summed E-state index contributed by atoms with van der Waals surface area (Å²) in [6.07, 6.45) is -0.634. The van der Waals surface area contributed by atoms with Gasteiger partial charge in [0.15, 0.2) is 6.10 Å². The first-order valence-corrected chi connectivity index (χ1v) is 8.20. The summed E-state index contributed by atoms with van der Waals surface area (Å²) < 4.78 is 10.9. The maximum absolute atomic E-state index is 12.4. The average molecular weight is 348 g/mol. The third-order valence-electron chi connectivity index (χ3n) is 3.63. The van der Waals surface area contributed by atoms with Gasteiger partial charge in [-0.3, -0.25) is 4.79 Å². The Morgan fingerprint density at radius 1 is 1.08 bits per heavy atom. The number of halogens is 1. The summed E-state index contributed by atoms with van der Waals surface area (Å²) in [4.78, 5) is 12.4. The van der Waals surface area contributed by atoms with E-state index in [1.165, 1.54) is 0 Å². The Hall–Kier alpha value is -2.20. The van der Waals surface area contributed by atoms with E-state index in [9.17, 15) is 4.79 Å². The van der Waals surface area contributed by atoms with Gasteiger partial charge in [-0.25, -0.2) is 0 Å². The predicted octanol–water partition coefficient (Wildman–Crippen LogP) is 4.88. The Labute approximate surface area is 147 Å². The lowest BCUT2D eigenvalue weighted by atomic mass is 10.0. The van der Waals surface area contributed by atoms with E-state index in [4.69, 9.17) is 21.1 Å². The van der Waals surface area contributed by atoms with E-state index in [2.05, 4.69) is 19.2 Å². The number of hydrogen-bond acceptors (Lipinski definition) is 3. The van der Waals surface area contributed by atoms with Crippen LogP contribution in [0.1, 0.15) is 32.3 Å². The number of carbonyl (C=O) groups is 1. The Morgan fingerprint density at radius 2 is 1.79 bits per heavy atom. The minimum atomic E-state index is -0.634. The summed E-state index contributed by atoms with van der Waals surface area (Å²) in [7, 11) is 1.54. The fraction of sp³-hybridized carbons (Fsp3) is 0.316. The van der Waals surface area contributed by atoms with Crippen LogP contribution in [0.2, 0.25) is 5.02 Å². The zero-order valence-corrected chi connectivity index (χ0v) is 15.1. The van der Waals surface area contributed by atoms with E-state index in [-0.39, 0.29) is 5.91 Å². The molecule has 4 nitrogen and oxygen atoms in total. The Morgan fingerprint density at radius 3 is 2.42 bits per heavy atom. The van der Waals surface area contributed by atoms with Crippen LogP contribution in [-0.4, -0.2) is 19.1 Å². The van der Waals surface area contributed by atoms with Crippen molar-refractivity contribution in [3.8, 4) is 11.5 Å². The number of amides is 1. The molecule has 0 aliphatic rings. The van der Waals surface area contributed by atoms with Crippen LogP contribution in [0.3, 0.4) is 0 Å². The Balaban J connectivity index is 2.06. The molecular weight excluding hydrogens is 326 g/mol. The summed E-state index contributed by atoms with van der Waals surface area (Å²) >= 11 is 6.07. The summed E-state index contributed by atoms with van der Waals surface area (Å²) in [6.45, 7) is 5.90. The molecule has 2 aromatic rings. The lowest BCUT2D eigenvalue weighted by molar-refractivity contribution is -0.122. The van der Waals surface area contributed by atoms with E-state index >= 15 is 0 Å². The van der Waals surface area contributed by atoms with E-state index in [0.717, 1.165) is 11.3 Å². The van der Waals surface area contributed by atoms with Gasteiger partial charge >= 0.3 is 0 Å². The van der Waals surface area contributed by atoms with Gasteiger partial charge in [0.25, 0.3) is 5.91 Å². The van der Waals surface area contributed by atoms with Crippen LogP contribution in [0.4, 0.5) is 5.69 Å². The van der Waals surface area contributed by atoms with Gasteiger partial charge in [-0.2, -0.15) is 0 Å². The molecule has 1 unspecified atom stereocenters. The lowest BCUT2D eigenvalue weighted by Crippen LogP contribution is -2.30. The molecule has 0 spiro atoms. The predicted molar refractivity (Wildman–Crippen MR) is 97.3 cm³/mol. The van der Waals surface area contributed by atoms with Crippen molar-refractivity contribution < 1.29 is 14.3 Å². The second kappa shape index (κ2) is 8.06. The third kappa shape index (κ3) is 4.42. The van der Waals surface area contributed by atoms with E-state index in [1.807, 2.05) is 24.3 Å². The highest BCUT2D eigenvalue weighted by Crippen LogP contribution is 2.28. The molecule has 5 heteroatoms. The fourth-order valence-electron chi connectivity index (χ4n) is 2.30. The number of anilines is 1. The Bertz CT molecular complexity index is 716. The maximum Gasteiger partial charge on any atom is 0.265 e. The van der Waals surface area contributed by atoms with Crippen molar-refractivity contribution in [1.82, 2.24) is 0 Å². The molecule has 0 radical (unpaired) electrons. The van der Waals surface area contributed by atoms with Gasteiger partial charge < -0.3 is 14.8 Å². The van der Waals surface area contributed by atoms with Crippen molar-refractivity contribution in [2.24, 2.45) is 0 Å². The SMILES string of the molecule is COc1ccc(NC(=O)C(C)Oc2ccccc2C(C)C)cc1Cl. The average Bonchev–Trinajstić information content (AvgIpc) is 2.55. The van der Waals surface area contributed by atoms with Crippen LogP contribution in [0, 0.1) is 0 Å². The van der Waals surface area contributed by atoms with Gasteiger partial charge in [-0.1, -0.05) is 43.6 Å². The van der Waals surface area contributed by atoms with Gasteiger partial charge in [-0.15, -0.1) is 0 Å². The highest BCUT2D eigenvalue weighted by atomic mass is 35.5. The molecule has 1 amide bonds. The molecule has 2 rings (SSSR count). The second-order valence-corrected chi connectivity index (χ2v) is 6.20. The van der Waals surface area contributed by atoms with Crippen LogP contribution in [0.5, 0.6) is 11.5 Å². The lowest BCUT2D eigenvalue weighted by Gasteiger charge is -2.19. The number of carbonyl (C=O) groups excluding carboxylic acids is 1. The van der Waals surface area contributed by atoms with Crippen molar-refractivity contribution in [2.45, 2.75) is 32.8 Å². The molecule has 0 aliphatic heterocycles. The van der Waals surface area contributed by atoms with Gasteiger partial charge in [0.1, 0.15) is 11.5 Å². The van der Waals surface area contributed by atoms with Crippen molar-refractivity contribution in [3.63, 3.8) is 0 Å².